The Bertz CT molecular complexity index is 524. The van der Waals surface area contributed by atoms with Gasteiger partial charge in [0.2, 0.25) is 5.91 Å². The topological polar surface area (TPSA) is 29.1 Å². The number of hydrogen-bond donors (Lipinski definition) is 1. The molecule has 0 saturated carbocycles. The van der Waals surface area contributed by atoms with Crippen LogP contribution >= 0.6 is 0 Å². The van der Waals surface area contributed by atoms with Gasteiger partial charge in [0.1, 0.15) is 0 Å². The third-order valence-corrected chi connectivity index (χ3v) is 2.40. The maximum absolute atomic E-state index is 12.5. The predicted octanol–water partition coefficient (Wildman–Crippen LogP) is 2.89. The summed E-state index contributed by atoms with van der Waals surface area (Å²) in [6.45, 7) is 3.43. The lowest BCUT2D eigenvalue weighted by Gasteiger charge is -2.08. The Balaban J connectivity index is 2.71. The van der Waals surface area contributed by atoms with Gasteiger partial charge in [-0.1, -0.05) is 11.8 Å². The Morgan fingerprint density at radius 2 is 2.05 bits per heavy atom. The molecule has 1 aromatic carbocycles. The van der Waals surface area contributed by atoms with Gasteiger partial charge in [-0.15, -0.1) is 0 Å². The minimum Gasteiger partial charge on any atom is -0.355 e. The van der Waals surface area contributed by atoms with Crippen LogP contribution in [0.4, 0.5) is 13.2 Å². The minimum absolute atomic E-state index is 0.132. The van der Waals surface area contributed by atoms with Crippen LogP contribution in [-0.4, -0.2) is 12.5 Å². The zero-order valence-electron chi connectivity index (χ0n) is 10.7. The molecule has 102 valence electrons. The molecule has 5 heteroatoms. The molecule has 19 heavy (non-hydrogen) atoms. The Morgan fingerprint density at radius 1 is 1.37 bits per heavy atom. The zero-order valence-corrected chi connectivity index (χ0v) is 10.7. The van der Waals surface area contributed by atoms with Crippen LogP contribution in [-0.2, 0) is 11.0 Å². The summed E-state index contributed by atoms with van der Waals surface area (Å²) in [7, 11) is 0. The molecule has 0 unspecified atom stereocenters. The first kappa shape index (κ1) is 15.1. The van der Waals surface area contributed by atoms with E-state index in [1.54, 1.807) is 6.92 Å². The average molecular weight is 269 g/mol. The number of hydrogen-bond acceptors (Lipinski definition) is 1. The van der Waals surface area contributed by atoms with Gasteiger partial charge in [0.15, 0.2) is 0 Å². The number of benzene rings is 1. The molecular formula is C14H14F3NO. The molecule has 0 atom stereocenters. The van der Waals surface area contributed by atoms with Crippen molar-refractivity contribution >= 4 is 5.91 Å². The van der Waals surface area contributed by atoms with Gasteiger partial charge in [0, 0.05) is 25.5 Å². The second kappa shape index (κ2) is 6.28. The fourth-order valence-electron chi connectivity index (χ4n) is 1.44. The van der Waals surface area contributed by atoms with Crippen molar-refractivity contribution in [2.45, 2.75) is 26.4 Å². The predicted molar refractivity (Wildman–Crippen MR) is 66.4 cm³/mol. The van der Waals surface area contributed by atoms with E-state index >= 15 is 0 Å². The summed E-state index contributed by atoms with van der Waals surface area (Å²) in [6.07, 6.45) is -3.87. The van der Waals surface area contributed by atoms with Gasteiger partial charge in [-0.3, -0.25) is 4.79 Å². The molecule has 1 rings (SSSR count). The van der Waals surface area contributed by atoms with Crippen molar-refractivity contribution in [3.05, 3.63) is 34.9 Å². The van der Waals surface area contributed by atoms with Crippen molar-refractivity contribution in [1.82, 2.24) is 5.32 Å². The number of halogens is 3. The fraction of sp³-hybridized carbons (Fsp3) is 0.357. The van der Waals surface area contributed by atoms with Crippen LogP contribution in [0.1, 0.15) is 30.0 Å². The van der Waals surface area contributed by atoms with Crippen molar-refractivity contribution < 1.29 is 18.0 Å². The molecule has 0 radical (unpaired) electrons. The lowest BCUT2D eigenvalue weighted by Crippen LogP contribution is -2.20. The van der Waals surface area contributed by atoms with Crippen molar-refractivity contribution in [3.8, 4) is 11.8 Å². The number of alkyl halides is 3. The van der Waals surface area contributed by atoms with Crippen LogP contribution in [0.3, 0.4) is 0 Å². The summed E-state index contributed by atoms with van der Waals surface area (Å²) in [5, 5.41) is 2.59. The lowest BCUT2D eigenvalue weighted by molar-refractivity contribution is -0.137. The summed E-state index contributed by atoms with van der Waals surface area (Å²) in [5.74, 6) is 5.47. The largest absolute Gasteiger partial charge is 0.416 e. The summed E-state index contributed by atoms with van der Waals surface area (Å²) < 4.78 is 37.4. The molecule has 0 spiro atoms. The van der Waals surface area contributed by atoms with E-state index in [9.17, 15) is 18.0 Å². The molecule has 0 fully saturated rings. The Hall–Kier alpha value is -1.96. The first-order valence-electron chi connectivity index (χ1n) is 5.72. The molecule has 2 nitrogen and oxygen atoms in total. The number of nitrogens with one attached hydrogen (secondary N) is 1. The third kappa shape index (κ3) is 5.04. The Kier molecular flexibility index (Phi) is 4.99. The molecule has 0 aliphatic heterocycles. The van der Waals surface area contributed by atoms with E-state index in [1.807, 2.05) is 0 Å². The Labute approximate surface area is 110 Å². The molecular weight excluding hydrogens is 255 g/mol. The maximum Gasteiger partial charge on any atom is 0.416 e. The summed E-state index contributed by atoms with van der Waals surface area (Å²) >= 11 is 0. The molecule has 0 saturated heterocycles. The van der Waals surface area contributed by atoms with Gasteiger partial charge in [-0.25, -0.2) is 0 Å². The maximum atomic E-state index is 12.5. The highest BCUT2D eigenvalue weighted by Crippen LogP contribution is 2.30. The molecule has 0 aliphatic rings. The highest BCUT2D eigenvalue weighted by molar-refractivity contribution is 5.72. The molecule has 1 N–H and O–H groups in total. The van der Waals surface area contributed by atoms with E-state index in [-0.39, 0.29) is 5.91 Å². The minimum atomic E-state index is -4.33. The fourth-order valence-corrected chi connectivity index (χ4v) is 1.44. The van der Waals surface area contributed by atoms with Crippen LogP contribution in [0.25, 0.3) is 0 Å². The first-order chi connectivity index (χ1) is 8.80. The quantitative estimate of drug-likeness (QED) is 0.649. The molecule has 0 heterocycles. The van der Waals surface area contributed by atoms with Crippen LogP contribution in [0.5, 0.6) is 0 Å². The van der Waals surface area contributed by atoms with Crippen LogP contribution in [0, 0.1) is 18.8 Å². The highest BCUT2D eigenvalue weighted by atomic mass is 19.4. The molecule has 1 amide bonds. The summed E-state index contributed by atoms with van der Waals surface area (Å²) in [4.78, 5) is 10.6. The highest BCUT2D eigenvalue weighted by Gasteiger charge is 2.30. The van der Waals surface area contributed by atoms with Gasteiger partial charge in [0.25, 0.3) is 0 Å². The second-order valence-electron chi connectivity index (χ2n) is 4.06. The Morgan fingerprint density at radius 3 is 2.58 bits per heavy atom. The number of carbonyl (C=O) groups excluding carboxylic acids is 1. The van der Waals surface area contributed by atoms with Crippen LogP contribution < -0.4 is 5.32 Å². The monoisotopic (exact) mass is 269 g/mol. The van der Waals surface area contributed by atoms with Gasteiger partial charge in [0.05, 0.1) is 5.56 Å². The number of carbonyl (C=O) groups is 1. The zero-order chi connectivity index (χ0) is 14.5. The van der Waals surface area contributed by atoms with Crippen molar-refractivity contribution in [2.24, 2.45) is 0 Å². The molecule has 0 bridgehead atoms. The van der Waals surface area contributed by atoms with Gasteiger partial charge < -0.3 is 5.32 Å². The summed E-state index contributed by atoms with van der Waals surface area (Å²) in [5.41, 5.74) is 0.381. The van der Waals surface area contributed by atoms with Crippen molar-refractivity contribution in [1.29, 1.82) is 0 Å². The van der Waals surface area contributed by atoms with E-state index < -0.39 is 11.7 Å². The second-order valence-corrected chi connectivity index (χ2v) is 4.06. The van der Waals surface area contributed by atoms with Gasteiger partial charge >= 0.3 is 6.18 Å². The van der Waals surface area contributed by atoms with E-state index in [4.69, 9.17) is 0 Å². The van der Waals surface area contributed by atoms with E-state index in [1.165, 1.54) is 13.0 Å². The number of aryl methyl sites for hydroxylation is 1. The normalized spacial score (nSPS) is 10.6. The lowest BCUT2D eigenvalue weighted by atomic mass is 10.1. The molecule has 0 aliphatic carbocycles. The third-order valence-electron chi connectivity index (χ3n) is 2.40. The number of rotatable bonds is 2. The molecule has 0 aromatic heterocycles. The van der Waals surface area contributed by atoms with Gasteiger partial charge in [-0.05, 0) is 30.7 Å². The van der Waals surface area contributed by atoms with E-state index in [0.717, 1.165) is 12.1 Å². The van der Waals surface area contributed by atoms with Crippen molar-refractivity contribution in [3.63, 3.8) is 0 Å². The summed E-state index contributed by atoms with van der Waals surface area (Å²) in [6, 6.07) is 3.46. The van der Waals surface area contributed by atoms with Crippen LogP contribution in [0.2, 0.25) is 0 Å². The van der Waals surface area contributed by atoms with E-state index in [0.29, 0.717) is 24.1 Å². The molecule has 1 aromatic rings. The average Bonchev–Trinajstić information content (AvgIpc) is 2.28. The standard InChI is InChI=1S/C14H14F3NO/c1-10-9-13(14(15,16)17)7-6-12(10)5-3-4-8-18-11(2)19/h6-7,9H,4,8H2,1-2H3,(H,18,19). The number of amides is 1. The van der Waals surface area contributed by atoms with Crippen LogP contribution in [0.15, 0.2) is 18.2 Å². The van der Waals surface area contributed by atoms with Crippen molar-refractivity contribution in [2.75, 3.05) is 6.54 Å². The first-order valence-corrected chi connectivity index (χ1v) is 5.72. The van der Waals surface area contributed by atoms with E-state index in [2.05, 4.69) is 17.2 Å². The van der Waals surface area contributed by atoms with Gasteiger partial charge in [-0.2, -0.15) is 13.2 Å². The SMILES string of the molecule is CC(=O)NCCC#Cc1ccc(C(F)(F)F)cc1C. The smallest absolute Gasteiger partial charge is 0.355 e.